The first-order valence-electron chi connectivity index (χ1n) is 3.30. The average Bonchev–Trinajstić information content (AvgIpc) is 2.03. The molecule has 0 spiro atoms. The number of rotatable bonds is 3. The molecule has 0 fully saturated rings. The second kappa shape index (κ2) is 4.44. The summed E-state index contributed by atoms with van der Waals surface area (Å²) in [5.41, 5.74) is 0. The summed E-state index contributed by atoms with van der Waals surface area (Å²) in [5.74, 6) is 0. The SMILES string of the molecule is C=C[CH2][SnH2][c]1ncccn1. The van der Waals surface area contributed by atoms with Crippen molar-refractivity contribution in [1.82, 2.24) is 9.97 Å². The molecule has 52 valence electrons. The van der Waals surface area contributed by atoms with E-state index in [-0.39, 0.29) is 0 Å². The van der Waals surface area contributed by atoms with Crippen LogP contribution in [0, 0.1) is 0 Å². The normalized spacial score (nSPS) is 10.4. The molecule has 2 nitrogen and oxygen atoms in total. The molecule has 0 saturated heterocycles. The molecule has 1 aromatic rings. The number of hydrogen-bond donors (Lipinski definition) is 0. The average molecular weight is 241 g/mol. The van der Waals surface area contributed by atoms with Gasteiger partial charge in [-0.2, -0.15) is 0 Å². The Hall–Kier alpha value is -0.381. The fraction of sp³-hybridized carbons (Fsp3) is 0.143. The molecule has 1 rings (SSSR count). The summed E-state index contributed by atoms with van der Waals surface area (Å²) in [5, 5.41) is 0. The molecule has 0 aromatic carbocycles. The van der Waals surface area contributed by atoms with E-state index < -0.39 is 21.1 Å². The molecule has 0 aliphatic heterocycles. The van der Waals surface area contributed by atoms with Crippen LogP contribution in [-0.4, -0.2) is 31.1 Å². The van der Waals surface area contributed by atoms with E-state index in [4.69, 9.17) is 0 Å². The van der Waals surface area contributed by atoms with Crippen LogP contribution in [0.3, 0.4) is 0 Å². The number of hydrogen-bond acceptors (Lipinski definition) is 2. The summed E-state index contributed by atoms with van der Waals surface area (Å²) in [6, 6.07) is 1.85. The van der Waals surface area contributed by atoms with Crippen molar-refractivity contribution in [2.45, 2.75) is 4.44 Å². The summed E-state index contributed by atoms with van der Waals surface area (Å²) < 4.78 is 2.26. The van der Waals surface area contributed by atoms with Gasteiger partial charge in [0.05, 0.1) is 0 Å². The van der Waals surface area contributed by atoms with Crippen LogP contribution < -0.4 is 3.84 Å². The van der Waals surface area contributed by atoms with Crippen molar-refractivity contribution < 1.29 is 0 Å². The monoisotopic (exact) mass is 242 g/mol. The third-order valence-electron chi connectivity index (χ3n) is 1.19. The van der Waals surface area contributed by atoms with Gasteiger partial charge in [0, 0.05) is 0 Å². The van der Waals surface area contributed by atoms with Crippen molar-refractivity contribution in [2.24, 2.45) is 0 Å². The Labute approximate surface area is 70.6 Å². The third-order valence-corrected chi connectivity index (χ3v) is 5.50. The zero-order chi connectivity index (χ0) is 7.23. The van der Waals surface area contributed by atoms with Crippen molar-refractivity contribution in [3.8, 4) is 0 Å². The molecule has 0 bridgehead atoms. The van der Waals surface area contributed by atoms with Crippen LogP contribution >= 0.6 is 0 Å². The van der Waals surface area contributed by atoms with Gasteiger partial charge in [-0.3, -0.25) is 0 Å². The van der Waals surface area contributed by atoms with Gasteiger partial charge in [-0.25, -0.2) is 0 Å². The molecule has 0 saturated carbocycles. The molecule has 0 aliphatic rings. The van der Waals surface area contributed by atoms with E-state index in [2.05, 4.69) is 16.5 Å². The van der Waals surface area contributed by atoms with E-state index in [1.807, 2.05) is 24.5 Å². The molecule has 0 atom stereocenters. The van der Waals surface area contributed by atoms with E-state index in [9.17, 15) is 0 Å². The molecular weight excluding hydrogens is 231 g/mol. The molecule has 0 amide bonds. The van der Waals surface area contributed by atoms with Gasteiger partial charge in [0.15, 0.2) is 0 Å². The van der Waals surface area contributed by atoms with E-state index in [1.54, 1.807) is 0 Å². The molecule has 0 radical (unpaired) electrons. The van der Waals surface area contributed by atoms with Crippen molar-refractivity contribution >= 4 is 25.0 Å². The Morgan fingerprint density at radius 2 is 2.20 bits per heavy atom. The number of allylic oxidation sites excluding steroid dienone is 1. The maximum atomic E-state index is 4.15. The van der Waals surface area contributed by atoms with Crippen LogP contribution in [0.15, 0.2) is 31.1 Å². The number of nitrogens with zero attached hydrogens (tertiary/aromatic N) is 2. The Morgan fingerprint density at radius 3 is 2.80 bits per heavy atom. The van der Waals surface area contributed by atoms with Crippen molar-refractivity contribution in [3.05, 3.63) is 31.1 Å². The Morgan fingerprint density at radius 1 is 1.50 bits per heavy atom. The molecule has 0 aliphatic carbocycles. The Bertz CT molecular complexity index is 198. The van der Waals surface area contributed by atoms with Gasteiger partial charge >= 0.3 is 70.5 Å². The van der Waals surface area contributed by atoms with E-state index in [0.717, 1.165) is 8.28 Å². The van der Waals surface area contributed by atoms with Gasteiger partial charge in [-0.05, 0) is 0 Å². The van der Waals surface area contributed by atoms with E-state index in [1.165, 1.54) is 0 Å². The minimum absolute atomic E-state index is 0.838. The first-order chi connectivity index (χ1) is 4.93. The van der Waals surface area contributed by atoms with Gasteiger partial charge in [0.2, 0.25) is 0 Å². The first-order valence-corrected chi connectivity index (χ1v) is 8.17. The van der Waals surface area contributed by atoms with Crippen molar-refractivity contribution in [2.75, 3.05) is 0 Å². The molecule has 1 aromatic heterocycles. The van der Waals surface area contributed by atoms with Gasteiger partial charge in [0.25, 0.3) is 0 Å². The van der Waals surface area contributed by atoms with Crippen LogP contribution in [0.4, 0.5) is 0 Å². The summed E-state index contributed by atoms with van der Waals surface area (Å²) >= 11 is -0.838. The molecule has 1 heterocycles. The van der Waals surface area contributed by atoms with Crippen molar-refractivity contribution in [3.63, 3.8) is 0 Å². The second-order valence-corrected chi connectivity index (χ2v) is 6.87. The van der Waals surface area contributed by atoms with E-state index in [0.29, 0.717) is 0 Å². The molecular formula is C7H10N2Sn. The van der Waals surface area contributed by atoms with Crippen LogP contribution in [0.25, 0.3) is 0 Å². The predicted octanol–water partition coefficient (Wildman–Crippen LogP) is -0.125. The summed E-state index contributed by atoms with van der Waals surface area (Å²) in [7, 11) is 0. The van der Waals surface area contributed by atoms with Gasteiger partial charge in [-0.15, -0.1) is 0 Å². The zero-order valence-corrected chi connectivity index (χ0v) is 9.86. The topological polar surface area (TPSA) is 25.8 Å². The summed E-state index contributed by atoms with van der Waals surface area (Å²) in [6.45, 7) is 3.67. The Kier molecular flexibility index (Phi) is 3.43. The van der Waals surface area contributed by atoms with Crippen LogP contribution in [0.2, 0.25) is 4.44 Å². The second-order valence-electron chi connectivity index (χ2n) is 1.99. The predicted molar refractivity (Wildman–Crippen MR) is 45.2 cm³/mol. The third kappa shape index (κ3) is 2.47. The van der Waals surface area contributed by atoms with Gasteiger partial charge < -0.3 is 0 Å². The number of aromatic nitrogens is 2. The maximum absolute atomic E-state index is 4.15. The molecule has 3 heteroatoms. The van der Waals surface area contributed by atoms with Crippen LogP contribution in [-0.2, 0) is 0 Å². The molecule has 10 heavy (non-hydrogen) atoms. The summed E-state index contributed by atoms with van der Waals surface area (Å²) in [4.78, 5) is 8.30. The van der Waals surface area contributed by atoms with Crippen LogP contribution in [0.1, 0.15) is 0 Å². The van der Waals surface area contributed by atoms with Gasteiger partial charge in [-0.1, -0.05) is 0 Å². The summed E-state index contributed by atoms with van der Waals surface area (Å²) in [6.07, 6.45) is 5.58. The molecule has 0 unspecified atom stereocenters. The zero-order valence-electron chi connectivity index (χ0n) is 5.83. The standard InChI is InChI=1S/C4H3N2.C3H5.Sn.2H/c1-2-5-4-6-3-1;1-3-2;;;/h1-3H;3H,1-2H2;;;. The minimum atomic E-state index is -0.838. The van der Waals surface area contributed by atoms with Crippen molar-refractivity contribution in [1.29, 1.82) is 0 Å². The molecule has 0 N–H and O–H groups in total. The quantitative estimate of drug-likeness (QED) is 0.544. The van der Waals surface area contributed by atoms with E-state index >= 15 is 0 Å². The Balaban J connectivity index is 2.50. The first kappa shape index (κ1) is 7.72. The van der Waals surface area contributed by atoms with Crippen LogP contribution in [0.5, 0.6) is 0 Å². The fourth-order valence-electron chi connectivity index (χ4n) is 0.690. The van der Waals surface area contributed by atoms with Gasteiger partial charge in [0.1, 0.15) is 0 Å². The fourth-order valence-corrected chi connectivity index (χ4v) is 3.35.